The zero-order chi connectivity index (χ0) is 11.3. The Bertz CT molecular complexity index is 351. The van der Waals surface area contributed by atoms with Crippen LogP contribution in [0.4, 0.5) is 0 Å². The Balaban J connectivity index is 2.61. The van der Waals surface area contributed by atoms with E-state index in [4.69, 9.17) is 11.5 Å². The summed E-state index contributed by atoms with van der Waals surface area (Å²) in [7, 11) is 3.41. The van der Waals surface area contributed by atoms with Crippen molar-refractivity contribution in [3.05, 3.63) is 24.0 Å². The minimum atomic E-state index is 0.174. The van der Waals surface area contributed by atoms with Gasteiger partial charge in [-0.1, -0.05) is 0 Å². The van der Waals surface area contributed by atoms with E-state index in [1.165, 1.54) is 0 Å². The maximum atomic E-state index is 5.72. The fourth-order valence-electron chi connectivity index (χ4n) is 1.06. The molecular formula is C9H16N6. The number of aromatic amines is 1. The minimum Gasteiger partial charge on any atom is -0.369 e. The third-order valence-corrected chi connectivity index (χ3v) is 1.93. The Morgan fingerprint density at radius 1 is 1.53 bits per heavy atom. The summed E-state index contributed by atoms with van der Waals surface area (Å²) in [6.07, 6.45) is 3.76. The number of aliphatic imine (C=N–C) groups is 2. The van der Waals surface area contributed by atoms with E-state index in [1.54, 1.807) is 11.9 Å². The first-order valence-corrected chi connectivity index (χ1v) is 4.52. The molecule has 1 aromatic heterocycles. The van der Waals surface area contributed by atoms with Crippen molar-refractivity contribution in [1.82, 2.24) is 9.88 Å². The maximum Gasteiger partial charge on any atom is 0.218 e. The summed E-state index contributed by atoms with van der Waals surface area (Å²) in [5.74, 6) is 0.521. The third kappa shape index (κ3) is 3.34. The number of nitrogens with zero attached hydrogens (tertiary/aromatic N) is 3. The summed E-state index contributed by atoms with van der Waals surface area (Å²) in [6, 6.07) is 1.97. The van der Waals surface area contributed by atoms with Crippen LogP contribution >= 0.6 is 0 Å². The van der Waals surface area contributed by atoms with E-state index in [0.717, 1.165) is 5.56 Å². The molecule has 1 aromatic rings. The molecule has 5 N–H and O–H groups in total. The zero-order valence-electron chi connectivity index (χ0n) is 8.94. The van der Waals surface area contributed by atoms with Gasteiger partial charge in [-0.3, -0.25) is 4.99 Å². The van der Waals surface area contributed by atoms with Crippen LogP contribution in [-0.2, 0) is 6.54 Å². The molecule has 1 heterocycles. The molecule has 0 fully saturated rings. The summed E-state index contributed by atoms with van der Waals surface area (Å²) >= 11 is 0. The highest BCUT2D eigenvalue weighted by molar-refractivity contribution is 5.93. The largest absolute Gasteiger partial charge is 0.369 e. The highest BCUT2D eigenvalue weighted by atomic mass is 15.3. The van der Waals surface area contributed by atoms with E-state index in [1.807, 2.05) is 25.5 Å². The van der Waals surface area contributed by atoms with Gasteiger partial charge in [0.1, 0.15) is 0 Å². The van der Waals surface area contributed by atoms with E-state index in [0.29, 0.717) is 12.5 Å². The number of hydrogen-bond donors (Lipinski definition) is 3. The molecule has 0 aliphatic carbocycles. The van der Waals surface area contributed by atoms with Gasteiger partial charge in [0.25, 0.3) is 0 Å². The molecule has 82 valence electrons. The monoisotopic (exact) mass is 208 g/mol. The number of guanidine groups is 2. The van der Waals surface area contributed by atoms with Crippen LogP contribution in [0, 0.1) is 0 Å². The smallest absolute Gasteiger partial charge is 0.218 e. The predicted octanol–water partition coefficient (Wildman–Crippen LogP) is -0.294. The normalized spacial score (nSPS) is 12.9. The van der Waals surface area contributed by atoms with Crippen molar-refractivity contribution in [1.29, 1.82) is 0 Å². The van der Waals surface area contributed by atoms with Crippen molar-refractivity contribution in [2.24, 2.45) is 21.5 Å². The maximum absolute atomic E-state index is 5.72. The van der Waals surface area contributed by atoms with Gasteiger partial charge in [0, 0.05) is 33.0 Å². The summed E-state index contributed by atoms with van der Waals surface area (Å²) in [5.41, 5.74) is 12.3. The second-order valence-electron chi connectivity index (χ2n) is 3.13. The van der Waals surface area contributed by atoms with Gasteiger partial charge in [0.05, 0.1) is 0 Å². The van der Waals surface area contributed by atoms with E-state index < -0.39 is 0 Å². The van der Waals surface area contributed by atoms with Gasteiger partial charge >= 0.3 is 0 Å². The molecule has 15 heavy (non-hydrogen) atoms. The van der Waals surface area contributed by atoms with E-state index in [2.05, 4.69) is 15.0 Å². The number of nitrogens with one attached hydrogen (secondary N) is 1. The molecule has 0 radical (unpaired) electrons. The summed E-state index contributed by atoms with van der Waals surface area (Å²) < 4.78 is 0. The topological polar surface area (TPSA) is 95.8 Å². The van der Waals surface area contributed by atoms with Gasteiger partial charge in [0.15, 0.2) is 5.96 Å². The molecule has 0 unspecified atom stereocenters. The van der Waals surface area contributed by atoms with Crippen LogP contribution in [0.3, 0.4) is 0 Å². The molecule has 0 atom stereocenters. The fourth-order valence-corrected chi connectivity index (χ4v) is 1.06. The first kappa shape index (κ1) is 11.1. The van der Waals surface area contributed by atoms with Gasteiger partial charge in [-0.15, -0.1) is 0 Å². The van der Waals surface area contributed by atoms with Crippen molar-refractivity contribution in [2.75, 3.05) is 14.1 Å². The van der Waals surface area contributed by atoms with Gasteiger partial charge < -0.3 is 21.4 Å². The predicted molar refractivity (Wildman–Crippen MR) is 61.4 cm³/mol. The molecule has 0 spiro atoms. The molecular weight excluding hydrogens is 192 g/mol. The number of aromatic nitrogens is 1. The minimum absolute atomic E-state index is 0.174. The Kier molecular flexibility index (Phi) is 3.73. The van der Waals surface area contributed by atoms with Crippen molar-refractivity contribution in [3.8, 4) is 0 Å². The number of rotatable bonds is 2. The average molecular weight is 208 g/mol. The van der Waals surface area contributed by atoms with E-state index in [-0.39, 0.29) is 5.96 Å². The fraction of sp³-hybridized carbons (Fsp3) is 0.333. The van der Waals surface area contributed by atoms with Crippen molar-refractivity contribution in [3.63, 3.8) is 0 Å². The van der Waals surface area contributed by atoms with Gasteiger partial charge in [-0.05, 0) is 11.6 Å². The number of hydrogen-bond acceptors (Lipinski definition) is 1. The third-order valence-electron chi connectivity index (χ3n) is 1.93. The van der Waals surface area contributed by atoms with Crippen molar-refractivity contribution < 1.29 is 0 Å². The van der Waals surface area contributed by atoms with Crippen LogP contribution in [0.1, 0.15) is 5.56 Å². The molecule has 0 aliphatic heterocycles. The molecule has 6 heteroatoms. The highest BCUT2D eigenvalue weighted by Gasteiger charge is 2.03. The molecule has 0 aliphatic rings. The summed E-state index contributed by atoms with van der Waals surface area (Å²) in [4.78, 5) is 12.4. The van der Waals surface area contributed by atoms with Crippen LogP contribution in [0.15, 0.2) is 28.4 Å². The second kappa shape index (κ2) is 5.04. The summed E-state index contributed by atoms with van der Waals surface area (Å²) in [5, 5.41) is 0. The lowest BCUT2D eigenvalue weighted by Crippen LogP contribution is -2.35. The van der Waals surface area contributed by atoms with Crippen LogP contribution < -0.4 is 11.5 Å². The summed E-state index contributed by atoms with van der Waals surface area (Å²) in [6.45, 7) is 0.676. The second-order valence-corrected chi connectivity index (χ2v) is 3.13. The van der Waals surface area contributed by atoms with Gasteiger partial charge in [-0.25, -0.2) is 0 Å². The molecule has 0 amide bonds. The van der Waals surface area contributed by atoms with Crippen molar-refractivity contribution >= 4 is 11.9 Å². The van der Waals surface area contributed by atoms with Crippen LogP contribution in [-0.4, -0.2) is 35.9 Å². The first-order valence-electron chi connectivity index (χ1n) is 4.52. The Morgan fingerprint density at radius 2 is 2.27 bits per heavy atom. The van der Waals surface area contributed by atoms with Crippen LogP contribution in [0.2, 0.25) is 0 Å². The van der Waals surface area contributed by atoms with Crippen LogP contribution in [0.25, 0.3) is 0 Å². The standard InChI is InChI=1S/C9H16N6/c1-12-8(10)14-9(11)15(2)6-7-3-4-13-5-7/h3-5,13H,6H2,1-2H3,(H4,10,11,12,14). The Hall–Kier alpha value is -1.98. The number of nitrogens with two attached hydrogens (primary N) is 2. The van der Waals surface area contributed by atoms with E-state index in [9.17, 15) is 0 Å². The van der Waals surface area contributed by atoms with E-state index >= 15 is 0 Å². The lowest BCUT2D eigenvalue weighted by molar-refractivity contribution is 0.495. The number of H-pyrrole nitrogens is 1. The molecule has 0 bridgehead atoms. The quantitative estimate of drug-likeness (QED) is 0.460. The zero-order valence-corrected chi connectivity index (χ0v) is 8.94. The molecule has 0 saturated heterocycles. The Labute approximate surface area is 88.7 Å². The van der Waals surface area contributed by atoms with Crippen molar-refractivity contribution in [2.45, 2.75) is 6.54 Å². The Morgan fingerprint density at radius 3 is 2.80 bits per heavy atom. The first-order chi connectivity index (χ1) is 7.13. The molecule has 0 saturated carbocycles. The SMILES string of the molecule is CN=C(N)N=C(N)N(C)Cc1cc[nH]c1. The average Bonchev–Trinajstić information content (AvgIpc) is 2.70. The lowest BCUT2D eigenvalue weighted by atomic mass is 10.3. The molecule has 6 nitrogen and oxygen atoms in total. The van der Waals surface area contributed by atoms with Gasteiger partial charge in [-0.2, -0.15) is 4.99 Å². The highest BCUT2D eigenvalue weighted by Crippen LogP contribution is 2.00. The molecule has 1 rings (SSSR count). The molecule has 0 aromatic carbocycles. The van der Waals surface area contributed by atoms with Gasteiger partial charge in [0.2, 0.25) is 5.96 Å². The van der Waals surface area contributed by atoms with Crippen LogP contribution in [0.5, 0.6) is 0 Å². The lowest BCUT2D eigenvalue weighted by Gasteiger charge is -2.16.